The fourth-order valence-corrected chi connectivity index (χ4v) is 4.94. The molecule has 0 N–H and O–H groups in total. The summed E-state index contributed by atoms with van der Waals surface area (Å²) in [5.41, 5.74) is -0.0128. The fraction of sp³-hybridized carbons (Fsp3) is 0.929. The van der Waals surface area contributed by atoms with Crippen molar-refractivity contribution in [1.82, 2.24) is 8.61 Å². The zero-order chi connectivity index (χ0) is 15.7. The Morgan fingerprint density at radius 3 is 2.81 bits per heavy atom. The standard InChI is InChI=1S/C14H25N3O3S/c1-12(6-9-15)17(3)21(18,19)16(2)11-14-7-4-5-13(14)20-10-8-14/h12-13H,4-8,10-11H2,1-3H3/t12?,13-,14-/m1/s1. The Labute approximate surface area is 127 Å². The van der Waals surface area contributed by atoms with Crippen molar-refractivity contribution in [2.75, 3.05) is 27.2 Å². The summed E-state index contributed by atoms with van der Waals surface area (Å²) < 4.78 is 33.7. The van der Waals surface area contributed by atoms with Crippen molar-refractivity contribution in [3.05, 3.63) is 0 Å². The Hall–Kier alpha value is -0.680. The van der Waals surface area contributed by atoms with E-state index < -0.39 is 10.2 Å². The van der Waals surface area contributed by atoms with Gasteiger partial charge in [-0.25, -0.2) is 0 Å². The molecule has 120 valence electrons. The number of ether oxygens (including phenoxy) is 1. The molecule has 21 heavy (non-hydrogen) atoms. The van der Waals surface area contributed by atoms with Crippen LogP contribution in [0.25, 0.3) is 0 Å². The van der Waals surface area contributed by atoms with Crippen LogP contribution in [0.15, 0.2) is 0 Å². The quantitative estimate of drug-likeness (QED) is 0.742. The zero-order valence-corrected chi connectivity index (χ0v) is 13.9. The molecular weight excluding hydrogens is 290 g/mol. The third-order valence-corrected chi connectivity index (χ3v) is 7.05. The lowest BCUT2D eigenvalue weighted by molar-refractivity contribution is 0.0629. The summed E-state index contributed by atoms with van der Waals surface area (Å²) in [6.07, 6.45) is 4.52. The maximum absolute atomic E-state index is 12.6. The molecule has 7 heteroatoms. The van der Waals surface area contributed by atoms with Crippen LogP contribution in [0.4, 0.5) is 0 Å². The van der Waals surface area contributed by atoms with Crippen molar-refractivity contribution >= 4 is 10.2 Å². The van der Waals surface area contributed by atoms with Gasteiger partial charge in [-0.2, -0.15) is 22.3 Å². The van der Waals surface area contributed by atoms with E-state index in [9.17, 15) is 8.42 Å². The number of rotatable bonds is 6. The third-order valence-electron chi connectivity index (χ3n) is 5.05. The van der Waals surface area contributed by atoms with Gasteiger partial charge < -0.3 is 4.74 Å². The minimum absolute atomic E-state index is 0.0128. The highest BCUT2D eigenvalue weighted by Gasteiger charge is 2.49. The molecule has 0 aromatic rings. The Morgan fingerprint density at radius 2 is 2.14 bits per heavy atom. The molecule has 0 radical (unpaired) electrons. The van der Waals surface area contributed by atoms with Gasteiger partial charge in [0, 0.05) is 38.7 Å². The highest BCUT2D eigenvalue weighted by atomic mass is 32.2. The van der Waals surface area contributed by atoms with Crippen LogP contribution in [0, 0.1) is 16.7 Å². The second kappa shape index (κ2) is 6.21. The van der Waals surface area contributed by atoms with Gasteiger partial charge in [-0.1, -0.05) is 6.42 Å². The summed E-state index contributed by atoms with van der Waals surface area (Å²) >= 11 is 0. The van der Waals surface area contributed by atoms with Crippen molar-refractivity contribution in [2.45, 2.75) is 51.2 Å². The molecule has 0 aromatic carbocycles. The molecular formula is C14H25N3O3S. The van der Waals surface area contributed by atoms with Crippen LogP contribution in [0.1, 0.15) is 39.0 Å². The molecule has 3 atom stereocenters. The highest BCUT2D eigenvalue weighted by Crippen LogP contribution is 2.48. The summed E-state index contributed by atoms with van der Waals surface area (Å²) in [5, 5.41) is 8.74. The predicted molar refractivity (Wildman–Crippen MR) is 79.6 cm³/mol. The van der Waals surface area contributed by atoms with Crippen LogP contribution in [-0.2, 0) is 14.9 Å². The molecule has 0 spiro atoms. The topological polar surface area (TPSA) is 73.6 Å². The molecule has 1 saturated heterocycles. The van der Waals surface area contributed by atoms with Crippen molar-refractivity contribution in [3.8, 4) is 6.07 Å². The molecule has 1 aliphatic heterocycles. The molecule has 2 fully saturated rings. The first-order valence-corrected chi connectivity index (χ1v) is 8.91. The molecule has 2 aliphatic rings. The van der Waals surface area contributed by atoms with Gasteiger partial charge in [-0.3, -0.25) is 0 Å². The molecule has 0 aromatic heterocycles. The van der Waals surface area contributed by atoms with Crippen molar-refractivity contribution < 1.29 is 13.2 Å². The van der Waals surface area contributed by atoms with Crippen LogP contribution in [0.3, 0.4) is 0 Å². The van der Waals surface area contributed by atoms with E-state index in [-0.39, 0.29) is 24.0 Å². The van der Waals surface area contributed by atoms with Gasteiger partial charge in [0.25, 0.3) is 10.2 Å². The molecule has 2 rings (SSSR count). The van der Waals surface area contributed by atoms with E-state index in [1.165, 1.54) is 8.61 Å². The van der Waals surface area contributed by atoms with Crippen LogP contribution in [-0.4, -0.2) is 56.4 Å². The van der Waals surface area contributed by atoms with E-state index in [0.29, 0.717) is 6.54 Å². The summed E-state index contributed by atoms with van der Waals surface area (Å²) in [5.74, 6) is 0. The second-order valence-electron chi connectivity index (χ2n) is 6.36. The van der Waals surface area contributed by atoms with Crippen molar-refractivity contribution in [1.29, 1.82) is 5.26 Å². The van der Waals surface area contributed by atoms with E-state index in [2.05, 4.69) is 0 Å². The summed E-state index contributed by atoms with van der Waals surface area (Å²) in [6.45, 7) is 2.99. The molecule has 1 unspecified atom stereocenters. The van der Waals surface area contributed by atoms with Crippen LogP contribution < -0.4 is 0 Å². The fourth-order valence-electron chi connectivity index (χ4n) is 3.55. The van der Waals surface area contributed by atoms with Crippen molar-refractivity contribution in [3.63, 3.8) is 0 Å². The zero-order valence-electron chi connectivity index (χ0n) is 13.1. The summed E-state index contributed by atoms with van der Waals surface area (Å²) in [7, 11) is -0.355. The van der Waals surface area contributed by atoms with E-state index in [0.717, 1.165) is 32.3 Å². The maximum atomic E-state index is 12.6. The van der Waals surface area contributed by atoms with Crippen molar-refractivity contribution in [2.24, 2.45) is 5.41 Å². The SMILES string of the molecule is CC(CC#N)N(C)S(=O)(=O)N(C)C[C@]12CCC[C@H]1OCC2. The van der Waals surface area contributed by atoms with Gasteiger partial charge in [0.2, 0.25) is 0 Å². The molecule has 1 heterocycles. The van der Waals surface area contributed by atoms with E-state index in [1.807, 2.05) is 6.07 Å². The minimum atomic E-state index is -3.53. The number of nitrogens with zero attached hydrogens (tertiary/aromatic N) is 3. The van der Waals surface area contributed by atoms with Gasteiger partial charge in [-0.15, -0.1) is 0 Å². The molecule has 0 bridgehead atoms. The molecule has 1 saturated carbocycles. The van der Waals surface area contributed by atoms with E-state index >= 15 is 0 Å². The van der Waals surface area contributed by atoms with Crippen LogP contribution in [0.2, 0.25) is 0 Å². The Balaban J connectivity index is 2.08. The predicted octanol–water partition coefficient (Wildman–Crippen LogP) is 1.36. The monoisotopic (exact) mass is 315 g/mol. The first-order valence-electron chi connectivity index (χ1n) is 7.51. The first-order chi connectivity index (χ1) is 9.83. The normalized spacial score (nSPS) is 30.6. The Kier molecular flexibility index (Phi) is 4.93. The summed E-state index contributed by atoms with van der Waals surface area (Å²) in [4.78, 5) is 0. The van der Waals surface area contributed by atoms with Gasteiger partial charge in [0.1, 0.15) is 0 Å². The Bertz CT molecular complexity index is 504. The maximum Gasteiger partial charge on any atom is 0.281 e. The minimum Gasteiger partial charge on any atom is -0.378 e. The Morgan fingerprint density at radius 1 is 1.43 bits per heavy atom. The molecule has 1 aliphatic carbocycles. The smallest absolute Gasteiger partial charge is 0.281 e. The summed E-state index contributed by atoms with van der Waals surface area (Å²) in [6, 6.07) is 1.70. The number of nitriles is 1. The lowest BCUT2D eigenvalue weighted by Gasteiger charge is -2.35. The van der Waals surface area contributed by atoms with Crippen LogP contribution >= 0.6 is 0 Å². The lowest BCUT2D eigenvalue weighted by Crippen LogP contribution is -2.48. The van der Waals surface area contributed by atoms with Crippen LogP contribution in [0.5, 0.6) is 0 Å². The number of fused-ring (bicyclic) bond motifs is 1. The third kappa shape index (κ3) is 3.09. The second-order valence-corrected chi connectivity index (χ2v) is 8.45. The van der Waals surface area contributed by atoms with Gasteiger partial charge in [-0.05, 0) is 26.2 Å². The largest absolute Gasteiger partial charge is 0.378 e. The average molecular weight is 315 g/mol. The van der Waals surface area contributed by atoms with E-state index in [4.69, 9.17) is 10.00 Å². The number of hydrogen-bond donors (Lipinski definition) is 0. The number of hydrogen-bond acceptors (Lipinski definition) is 4. The lowest BCUT2D eigenvalue weighted by atomic mass is 9.83. The van der Waals surface area contributed by atoms with Gasteiger partial charge in [0.15, 0.2) is 0 Å². The molecule has 0 amide bonds. The van der Waals surface area contributed by atoms with E-state index in [1.54, 1.807) is 21.0 Å². The molecule has 6 nitrogen and oxygen atoms in total. The highest BCUT2D eigenvalue weighted by molar-refractivity contribution is 7.86. The van der Waals surface area contributed by atoms with Gasteiger partial charge >= 0.3 is 0 Å². The van der Waals surface area contributed by atoms with Gasteiger partial charge in [0.05, 0.1) is 18.6 Å². The average Bonchev–Trinajstić information content (AvgIpc) is 2.97. The first kappa shape index (κ1) is 16.7.